The van der Waals surface area contributed by atoms with Crippen molar-refractivity contribution in [3.05, 3.63) is 69.6 Å². The van der Waals surface area contributed by atoms with Crippen molar-refractivity contribution in [2.45, 2.75) is 34.6 Å². The third-order valence-corrected chi connectivity index (χ3v) is 9.01. The van der Waals surface area contributed by atoms with Gasteiger partial charge in [0, 0.05) is 27.8 Å². The van der Waals surface area contributed by atoms with Crippen LogP contribution < -0.4 is 57.3 Å². The van der Waals surface area contributed by atoms with E-state index in [4.69, 9.17) is 68.2 Å². The molecule has 0 fully saturated rings. The minimum atomic E-state index is 0.191. The lowest BCUT2D eigenvalue weighted by atomic mass is 9.98. The summed E-state index contributed by atoms with van der Waals surface area (Å²) < 4.78 is 0. The SMILES string of the molecule is CC1=C(N)C(=N)C=C(N)C1=N.Cc1c(N)c(N)cc2nc3c(C)c(N)c(N)cc3nc12.Cc1c(N)c(N)cc2nc3cc(N)c(N)c(C)c3nc12. The maximum absolute atomic E-state index is 7.39. The van der Waals surface area contributed by atoms with Crippen molar-refractivity contribution in [2.24, 2.45) is 11.5 Å². The molecular formula is C35H42N16. The number of hydrogen-bond donors (Lipinski definition) is 12. The Morgan fingerprint density at radius 1 is 0.431 bits per heavy atom. The molecule has 262 valence electrons. The zero-order valence-electron chi connectivity index (χ0n) is 28.9. The molecule has 0 saturated heterocycles. The average molecular weight is 687 g/mol. The van der Waals surface area contributed by atoms with Gasteiger partial charge in [-0.25, -0.2) is 19.9 Å². The van der Waals surface area contributed by atoms with E-state index in [9.17, 15) is 0 Å². The topological polar surface area (TPSA) is 359 Å². The van der Waals surface area contributed by atoms with E-state index in [-0.39, 0.29) is 11.4 Å². The van der Waals surface area contributed by atoms with Gasteiger partial charge < -0.3 is 57.3 Å². The molecule has 1 aliphatic rings. The first-order chi connectivity index (χ1) is 23.8. The van der Waals surface area contributed by atoms with Gasteiger partial charge in [-0.1, -0.05) is 0 Å². The molecule has 0 aliphatic heterocycles. The van der Waals surface area contributed by atoms with Crippen LogP contribution in [0, 0.1) is 38.5 Å². The Morgan fingerprint density at radius 3 is 1.06 bits per heavy atom. The quantitative estimate of drug-likeness (QED) is 0.0617. The Morgan fingerprint density at radius 2 is 0.725 bits per heavy atom. The number of nitrogen functional groups attached to an aromatic ring is 8. The molecule has 16 nitrogen and oxygen atoms in total. The third-order valence-electron chi connectivity index (χ3n) is 9.01. The van der Waals surface area contributed by atoms with Crippen molar-refractivity contribution in [1.82, 2.24) is 19.9 Å². The molecule has 7 rings (SSSR count). The zero-order valence-corrected chi connectivity index (χ0v) is 28.9. The van der Waals surface area contributed by atoms with Crippen molar-refractivity contribution >= 4 is 101 Å². The van der Waals surface area contributed by atoms with Crippen LogP contribution in [0.2, 0.25) is 0 Å². The molecule has 0 amide bonds. The van der Waals surface area contributed by atoms with Crippen LogP contribution in [0.5, 0.6) is 0 Å². The van der Waals surface area contributed by atoms with E-state index in [2.05, 4.69) is 19.9 Å². The van der Waals surface area contributed by atoms with Crippen LogP contribution in [-0.2, 0) is 0 Å². The molecule has 0 radical (unpaired) electrons. The molecule has 22 N–H and O–H groups in total. The molecule has 1 aliphatic carbocycles. The maximum atomic E-state index is 7.39. The Bertz CT molecular complexity index is 2420. The van der Waals surface area contributed by atoms with E-state index in [0.29, 0.717) is 84.5 Å². The second-order valence-corrected chi connectivity index (χ2v) is 12.4. The van der Waals surface area contributed by atoms with Gasteiger partial charge in [0.05, 0.1) is 112 Å². The predicted octanol–water partition coefficient (Wildman–Crippen LogP) is 3.57. The summed E-state index contributed by atoms with van der Waals surface area (Å²) in [6, 6.07) is 6.92. The molecule has 51 heavy (non-hydrogen) atoms. The maximum Gasteiger partial charge on any atom is 0.0945 e. The lowest BCUT2D eigenvalue weighted by Crippen LogP contribution is -2.25. The fourth-order valence-corrected chi connectivity index (χ4v) is 5.56. The highest BCUT2D eigenvalue weighted by Gasteiger charge is 2.17. The molecule has 0 spiro atoms. The number of nitrogens with one attached hydrogen (secondary N) is 2. The van der Waals surface area contributed by atoms with E-state index < -0.39 is 0 Å². The number of aryl methyl sites for hydroxylation is 4. The molecule has 2 aromatic heterocycles. The summed E-state index contributed by atoms with van der Waals surface area (Å²) >= 11 is 0. The van der Waals surface area contributed by atoms with Gasteiger partial charge in [0.25, 0.3) is 0 Å². The van der Waals surface area contributed by atoms with E-state index in [0.717, 1.165) is 44.3 Å². The summed E-state index contributed by atoms with van der Waals surface area (Å²) in [5.74, 6) is 0. The number of fused-ring (bicyclic) bond motifs is 4. The molecule has 0 atom stereocenters. The van der Waals surface area contributed by atoms with Crippen molar-refractivity contribution < 1.29 is 0 Å². The first-order valence-corrected chi connectivity index (χ1v) is 15.6. The van der Waals surface area contributed by atoms with E-state index in [1.807, 2.05) is 27.7 Å². The van der Waals surface area contributed by atoms with E-state index >= 15 is 0 Å². The average Bonchev–Trinajstić information content (AvgIpc) is 3.09. The van der Waals surface area contributed by atoms with Gasteiger partial charge in [-0.15, -0.1) is 0 Å². The second-order valence-electron chi connectivity index (χ2n) is 12.4. The highest BCUT2D eigenvalue weighted by molar-refractivity contribution is 6.23. The van der Waals surface area contributed by atoms with Crippen molar-refractivity contribution in [3.8, 4) is 0 Å². The molecule has 4 aromatic carbocycles. The molecule has 0 bridgehead atoms. The zero-order chi connectivity index (χ0) is 37.8. The number of aromatic nitrogens is 4. The van der Waals surface area contributed by atoms with Crippen LogP contribution in [0.4, 0.5) is 45.5 Å². The van der Waals surface area contributed by atoms with Crippen molar-refractivity contribution in [1.29, 1.82) is 10.8 Å². The standard InChI is InChI=1S/2C14H16N6.C7H10N4/c1-5-11(17)7(15)3-9-13(5)19-10-4-8(16)12(18)6(2)14(10)20-9;1-5-11(17)7(15)3-9-13(5)20-14-6(2)12(18)8(16)4-10(14)19-9;1-3-6(10)4(8)2-5(9)7(3)11/h2*3-4H,15-18H2,1-2H3;2,8,11H,9-10H2,1H3. The van der Waals surface area contributed by atoms with Crippen LogP contribution in [0.25, 0.3) is 44.1 Å². The van der Waals surface area contributed by atoms with Gasteiger partial charge in [-0.2, -0.15) is 0 Å². The van der Waals surface area contributed by atoms with Crippen molar-refractivity contribution in [2.75, 3.05) is 45.9 Å². The highest BCUT2D eigenvalue weighted by Crippen LogP contribution is 2.34. The first kappa shape index (κ1) is 35.2. The highest BCUT2D eigenvalue weighted by atomic mass is 14.9. The van der Waals surface area contributed by atoms with Crippen LogP contribution in [0.15, 0.2) is 47.3 Å². The molecule has 0 unspecified atom stereocenters. The van der Waals surface area contributed by atoms with Gasteiger partial charge in [-0.05, 0) is 65.0 Å². The minimum absolute atomic E-state index is 0.191. The lowest BCUT2D eigenvalue weighted by molar-refractivity contribution is 1.27. The lowest BCUT2D eigenvalue weighted by Gasteiger charge is -2.14. The fourth-order valence-electron chi connectivity index (χ4n) is 5.56. The van der Waals surface area contributed by atoms with Gasteiger partial charge >= 0.3 is 0 Å². The van der Waals surface area contributed by atoms with E-state index in [1.165, 1.54) is 6.08 Å². The monoisotopic (exact) mass is 686 g/mol. The number of nitrogens with zero attached hydrogens (tertiary/aromatic N) is 4. The number of anilines is 8. The summed E-state index contributed by atoms with van der Waals surface area (Å²) in [6.45, 7) is 9.20. The minimum Gasteiger partial charge on any atom is -0.397 e. The summed E-state index contributed by atoms with van der Waals surface area (Å²) in [4.78, 5) is 18.4. The van der Waals surface area contributed by atoms with Crippen LogP contribution in [0.1, 0.15) is 29.2 Å². The van der Waals surface area contributed by atoms with E-state index in [1.54, 1.807) is 31.2 Å². The van der Waals surface area contributed by atoms with Gasteiger partial charge in [0.2, 0.25) is 0 Å². The van der Waals surface area contributed by atoms with Crippen LogP contribution in [-0.4, -0.2) is 31.4 Å². The third kappa shape index (κ3) is 6.05. The Labute approximate surface area is 293 Å². The fraction of sp³-hybridized carbons (Fsp3) is 0.143. The van der Waals surface area contributed by atoms with Crippen LogP contribution in [0.3, 0.4) is 0 Å². The van der Waals surface area contributed by atoms with Crippen molar-refractivity contribution in [3.63, 3.8) is 0 Å². The number of nitrogens with two attached hydrogens (primary N) is 10. The molecule has 6 aromatic rings. The molecular weight excluding hydrogens is 644 g/mol. The Hall–Kier alpha value is -7.10. The van der Waals surface area contributed by atoms with Gasteiger partial charge in [-0.3, -0.25) is 10.8 Å². The molecule has 0 saturated carbocycles. The smallest absolute Gasteiger partial charge is 0.0945 e. The summed E-state index contributed by atoms with van der Waals surface area (Å²) in [6.07, 6.45) is 1.39. The predicted molar refractivity (Wildman–Crippen MR) is 213 cm³/mol. The summed E-state index contributed by atoms with van der Waals surface area (Å²) in [5, 5.41) is 14.7. The number of allylic oxidation sites excluding steroid dienone is 2. The second kappa shape index (κ2) is 12.7. The summed E-state index contributed by atoms with van der Waals surface area (Å²) in [5.41, 5.74) is 73.0. The first-order valence-electron chi connectivity index (χ1n) is 15.6. The number of hydrogen-bond acceptors (Lipinski definition) is 16. The Kier molecular flexibility index (Phi) is 8.79. The molecule has 2 heterocycles. The summed E-state index contributed by atoms with van der Waals surface area (Å²) in [7, 11) is 0. The normalized spacial score (nSPS) is 12.9. The number of benzene rings is 4. The Balaban J connectivity index is 0.000000155. The number of rotatable bonds is 0. The van der Waals surface area contributed by atoms with Gasteiger partial charge in [0.1, 0.15) is 0 Å². The largest absolute Gasteiger partial charge is 0.397 e. The van der Waals surface area contributed by atoms with Crippen LogP contribution >= 0.6 is 0 Å². The molecule has 16 heteroatoms. The van der Waals surface area contributed by atoms with Gasteiger partial charge in [0.15, 0.2) is 0 Å².